The molecule has 1 unspecified atom stereocenters. The number of rotatable bonds is 4. The maximum absolute atomic E-state index is 11.9. The second-order valence-corrected chi connectivity index (χ2v) is 7.25. The van der Waals surface area contributed by atoms with Gasteiger partial charge in [0.1, 0.15) is 5.69 Å². The van der Waals surface area contributed by atoms with Crippen LogP contribution in [0, 0.1) is 0 Å². The van der Waals surface area contributed by atoms with Crippen LogP contribution in [0.15, 0.2) is 41.2 Å². The fourth-order valence-electron chi connectivity index (χ4n) is 3.87. The van der Waals surface area contributed by atoms with Gasteiger partial charge in [-0.25, -0.2) is 5.10 Å². The van der Waals surface area contributed by atoms with E-state index >= 15 is 0 Å². The number of benzene rings is 1. The van der Waals surface area contributed by atoms with E-state index in [1.165, 1.54) is 0 Å². The summed E-state index contributed by atoms with van der Waals surface area (Å²) in [5.74, 6) is 0. The van der Waals surface area contributed by atoms with E-state index in [1.807, 2.05) is 30.3 Å². The Labute approximate surface area is 177 Å². The number of aliphatic hydroxyl groups is 1. The Kier molecular flexibility index (Phi) is 7.86. The minimum absolute atomic E-state index is 0. The van der Waals surface area contributed by atoms with Crippen LogP contribution >= 0.6 is 24.8 Å². The van der Waals surface area contributed by atoms with E-state index < -0.39 is 5.60 Å². The van der Waals surface area contributed by atoms with Gasteiger partial charge in [0.15, 0.2) is 0 Å². The number of nitrogens with zero attached hydrogens (tertiary/aromatic N) is 3. The minimum Gasteiger partial charge on any atom is -0.387 e. The molecule has 154 valence electrons. The third kappa shape index (κ3) is 5.04. The van der Waals surface area contributed by atoms with E-state index in [0.717, 1.165) is 56.1 Å². The molecular formula is C19H27Cl2N5O2. The zero-order valence-corrected chi connectivity index (χ0v) is 17.3. The molecule has 0 saturated carbocycles. The van der Waals surface area contributed by atoms with Gasteiger partial charge in [-0.3, -0.25) is 9.69 Å². The lowest BCUT2D eigenvalue weighted by atomic mass is 10.0. The molecule has 2 aliphatic heterocycles. The van der Waals surface area contributed by atoms with Crippen molar-refractivity contribution in [2.24, 2.45) is 0 Å². The van der Waals surface area contributed by atoms with Crippen LogP contribution in [0.5, 0.6) is 0 Å². The molecular weight excluding hydrogens is 401 g/mol. The zero-order chi connectivity index (χ0) is 18.0. The van der Waals surface area contributed by atoms with Crippen LogP contribution in [0.2, 0.25) is 0 Å². The van der Waals surface area contributed by atoms with Crippen LogP contribution in [0.25, 0.3) is 11.3 Å². The Hall–Kier alpha value is -1.64. The average molecular weight is 428 g/mol. The number of piperazine rings is 1. The molecule has 2 saturated heterocycles. The molecule has 2 aliphatic rings. The van der Waals surface area contributed by atoms with Crippen molar-refractivity contribution in [3.63, 3.8) is 0 Å². The molecule has 9 heteroatoms. The molecule has 3 heterocycles. The number of nitrogens with one attached hydrogen (secondary N) is 2. The summed E-state index contributed by atoms with van der Waals surface area (Å²) in [5.41, 5.74) is 1.88. The number of anilines is 1. The Morgan fingerprint density at radius 1 is 1.11 bits per heavy atom. The second kappa shape index (κ2) is 9.71. The van der Waals surface area contributed by atoms with Crippen LogP contribution in [-0.2, 0) is 0 Å². The fraction of sp³-hybridized carbons (Fsp3) is 0.474. The van der Waals surface area contributed by atoms with Gasteiger partial charge in [-0.2, -0.15) is 5.10 Å². The van der Waals surface area contributed by atoms with Gasteiger partial charge in [0.25, 0.3) is 5.56 Å². The van der Waals surface area contributed by atoms with E-state index in [9.17, 15) is 9.90 Å². The maximum atomic E-state index is 11.9. The topological polar surface area (TPSA) is 84.5 Å². The number of H-pyrrole nitrogens is 1. The van der Waals surface area contributed by atoms with E-state index in [0.29, 0.717) is 13.1 Å². The molecule has 28 heavy (non-hydrogen) atoms. The van der Waals surface area contributed by atoms with Crippen LogP contribution in [0.1, 0.15) is 6.42 Å². The van der Waals surface area contributed by atoms with Crippen LogP contribution in [0.4, 0.5) is 5.69 Å². The summed E-state index contributed by atoms with van der Waals surface area (Å²) >= 11 is 0. The van der Waals surface area contributed by atoms with Crippen molar-refractivity contribution in [2.75, 3.05) is 50.7 Å². The summed E-state index contributed by atoms with van der Waals surface area (Å²) in [6.45, 7) is 5.61. The van der Waals surface area contributed by atoms with Crippen molar-refractivity contribution in [1.29, 1.82) is 0 Å². The molecule has 1 atom stereocenters. The molecule has 3 N–H and O–H groups in total. The summed E-state index contributed by atoms with van der Waals surface area (Å²) in [5, 5.41) is 20.7. The highest BCUT2D eigenvalue weighted by molar-refractivity contribution is 5.85. The van der Waals surface area contributed by atoms with E-state index in [-0.39, 0.29) is 30.4 Å². The predicted octanol–water partition coefficient (Wildman–Crippen LogP) is 1.13. The monoisotopic (exact) mass is 427 g/mol. The Morgan fingerprint density at radius 3 is 2.46 bits per heavy atom. The highest BCUT2D eigenvalue weighted by Crippen LogP contribution is 2.28. The lowest BCUT2D eigenvalue weighted by Crippen LogP contribution is -2.52. The van der Waals surface area contributed by atoms with Gasteiger partial charge in [0, 0.05) is 50.9 Å². The third-order valence-electron chi connectivity index (χ3n) is 5.29. The van der Waals surface area contributed by atoms with Gasteiger partial charge < -0.3 is 15.3 Å². The summed E-state index contributed by atoms with van der Waals surface area (Å²) < 4.78 is 0. The summed E-state index contributed by atoms with van der Waals surface area (Å²) in [6, 6.07) is 11.6. The molecule has 1 aromatic heterocycles. The van der Waals surface area contributed by atoms with Gasteiger partial charge in [-0.15, -0.1) is 24.8 Å². The maximum Gasteiger partial charge on any atom is 0.266 e. The molecule has 0 bridgehead atoms. The normalized spacial score (nSPS) is 22.4. The first-order chi connectivity index (χ1) is 12.6. The predicted molar refractivity (Wildman–Crippen MR) is 116 cm³/mol. The Bertz CT molecular complexity index is 803. The van der Waals surface area contributed by atoms with Crippen molar-refractivity contribution in [1.82, 2.24) is 20.4 Å². The Balaban J connectivity index is 0.00000140. The smallest absolute Gasteiger partial charge is 0.266 e. The third-order valence-corrected chi connectivity index (χ3v) is 5.29. The van der Waals surface area contributed by atoms with Gasteiger partial charge in [-0.1, -0.05) is 30.3 Å². The van der Waals surface area contributed by atoms with Gasteiger partial charge in [0.05, 0.1) is 11.3 Å². The number of β-amino-alcohol motifs (C(OH)–C–C–N with tert-alkyl or cyclic N) is 1. The largest absolute Gasteiger partial charge is 0.387 e. The first-order valence-electron chi connectivity index (χ1n) is 9.19. The van der Waals surface area contributed by atoms with Crippen molar-refractivity contribution in [2.45, 2.75) is 12.0 Å². The van der Waals surface area contributed by atoms with Gasteiger partial charge in [0.2, 0.25) is 0 Å². The van der Waals surface area contributed by atoms with Crippen molar-refractivity contribution in [3.8, 4) is 11.3 Å². The number of aromatic amines is 1. The molecule has 4 rings (SSSR count). The van der Waals surface area contributed by atoms with E-state index in [1.54, 1.807) is 6.07 Å². The highest BCUT2D eigenvalue weighted by Gasteiger charge is 2.34. The van der Waals surface area contributed by atoms with Crippen molar-refractivity contribution < 1.29 is 5.11 Å². The lowest BCUT2D eigenvalue weighted by molar-refractivity contribution is 0.0193. The van der Waals surface area contributed by atoms with Crippen LogP contribution < -0.4 is 15.8 Å². The van der Waals surface area contributed by atoms with Crippen LogP contribution in [0.3, 0.4) is 0 Å². The van der Waals surface area contributed by atoms with E-state index in [2.05, 4.69) is 25.3 Å². The number of halogens is 2. The molecule has 0 spiro atoms. The SMILES string of the molecule is Cl.Cl.O=c1cc(N2CCN(CC3(O)CCNC3)CC2)c(-c2ccccc2)n[nH]1. The number of hydrogen-bond donors (Lipinski definition) is 3. The minimum atomic E-state index is -0.608. The zero-order valence-electron chi connectivity index (χ0n) is 15.6. The molecule has 0 amide bonds. The molecule has 0 radical (unpaired) electrons. The van der Waals surface area contributed by atoms with Gasteiger partial charge >= 0.3 is 0 Å². The Morgan fingerprint density at radius 2 is 1.82 bits per heavy atom. The number of aromatic nitrogens is 2. The molecule has 1 aromatic carbocycles. The summed E-state index contributed by atoms with van der Waals surface area (Å²) in [6.07, 6.45) is 0.809. The quantitative estimate of drug-likeness (QED) is 0.677. The second-order valence-electron chi connectivity index (χ2n) is 7.25. The fourth-order valence-corrected chi connectivity index (χ4v) is 3.87. The first kappa shape index (κ1) is 22.6. The number of hydrogen-bond acceptors (Lipinski definition) is 6. The summed E-state index contributed by atoms with van der Waals surface area (Å²) in [4.78, 5) is 16.4. The van der Waals surface area contributed by atoms with Crippen molar-refractivity contribution >= 4 is 30.5 Å². The molecule has 2 fully saturated rings. The molecule has 2 aromatic rings. The van der Waals surface area contributed by atoms with Crippen LogP contribution in [-0.4, -0.2) is 71.6 Å². The average Bonchev–Trinajstić information content (AvgIpc) is 3.09. The first-order valence-corrected chi connectivity index (χ1v) is 9.19. The molecule has 0 aliphatic carbocycles. The molecule has 7 nitrogen and oxygen atoms in total. The van der Waals surface area contributed by atoms with E-state index in [4.69, 9.17) is 0 Å². The summed E-state index contributed by atoms with van der Waals surface area (Å²) in [7, 11) is 0. The van der Waals surface area contributed by atoms with Gasteiger partial charge in [-0.05, 0) is 13.0 Å². The lowest BCUT2D eigenvalue weighted by Gasteiger charge is -2.39. The highest BCUT2D eigenvalue weighted by atomic mass is 35.5. The van der Waals surface area contributed by atoms with Crippen molar-refractivity contribution in [3.05, 3.63) is 46.8 Å². The standard InChI is InChI=1S/C19H25N5O2.2ClH/c25-17-12-16(18(22-21-17)15-4-2-1-3-5-15)24-10-8-23(9-11-24)14-19(26)6-7-20-13-19;;/h1-5,12,20,26H,6-11,13-14H2,(H,21,25);2*1H.